The minimum absolute atomic E-state index is 0.0498. The molecule has 1 aliphatic rings. The van der Waals surface area contributed by atoms with Gasteiger partial charge in [0, 0.05) is 45.4 Å². The third-order valence-electron chi connectivity index (χ3n) is 4.64. The van der Waals surface area contributed by atoms with Gasteiger partial charge in [-0.3, -0.25) is 14.7 Å². The van der Waals surface area contributed by atoms with Crippen LogP contribution in [0.5, 0.6) is 0 Å². The van der Waals surface area contributed by atoms with Gasteiger partial charge in [0.05, 0.1) is 12.3 Å². The molecule has 2 aromatic rings. The summed E-state index contributed by atoms with van der Waals surface area (Å²) in [5, 5.41) is 0. The molecule has 1 N–H and O–H groups in total. The average Bonchev–Trinajstić information content (AvgIpc) is 2.63. The maximum Gasteiger partial charge on any atom is 0.255 e. The highest BCUT2D eigenvalue weighted by atomic mass is 16.5. The highest BCUT2D eigenvalue weighted by Crippen LogP contribution is 2.14. The maximum atomic E-state index is 12.3. The minimum Gasteiger partial charge on any atom is -0.378 e. The molecule has 1 aliphatic heterocycles. The van der Waals surface area contributed by atoms with Crippen LogP contribution < -0.4 is 10.5 Å². The molecule has 0 spiro atoms. The smallest absolute Gasteiger partial charge is 0.255 e. The number of anilines is 1. The molecule has 0 aliphatic carbocycles. The molecule has 0 atom stereocenters. The summed E-state index contributed by atoms with van der Waals surface area (Å²) in [5.41, 5.74) is 2.74. The molecule has 0 saturated carbocycles. The van der Waals surface area contributed by atoms with E-state index in [0.717, 1.165) is 38.4 Å². The van der Waals surface area contributed by atoms with Crippen molar-refractivity contribution in [3.05, 3.63) is 57.5 Å². The van der Waals surface area contributed by atoms with Crippen molar-refractivity contribution >= 4 is 5.95 Å². The van der Waals surface area contributed by atoms with Crippen molar-refractivity contribution < 1.29 is 4.74 Å². The molecule has 25 heavy (non-hydrogen) atoms. The standard InChI is InChI=1S/C19H26N4O2/c1-3-16-17(14-25-2)20-19(21-18(16)24)23-11-9-22(10-12-23)13-15-7-5-4-6-8-15/h4-8H,3,9-14H2,1-2H3,(H,20,21,24). The zero-order chi connectivity index (χ0) is 17.6. The van der Waals surface area contributed by atoms with E-state index in [1.807, 2.05) is 13.0 Å². The molecule has 1 fully saturated rings. The van der Waals surface area contributed by atoms with Gasteiger partial charge in [-0.05, 0) is 12.0 Å². The van der Waals surface area contributed by atoms with Crippen molar-refractivity contribution in [3.63, 3.8) is 0 Å². The molecule has 1 aromatic heterocycles. The second-order valence-electron chi connectivity index (χ2n) is 6.35. The summed E-state index contributed by atoms with van der Waals surface area (Å²) < 4.78 is 5.21. The lowest BCUT2D eigenvalue weighted by Gasteiger charge is -2.35. The van der Waals surface area contributed by atoms with Crippen molar-refractivity contribution in [3.8, 4) is 0 Å². The van der Waals surface area contributed by atoms with E-state index in [1.54, 1.807) is 7.11 Å². The summed E-state index contributed by atoms with van der Waals surface area (Å²) >= 11 is 0. The first kappa shape index (κ1) is 17.6. The third-order valence-corrected chi connectivity index (χ3v) is 4.64. The Bertz CT molecular complexity index is 737. The van der Waals surface area contributed by atoms with Crippen molar-refractivity contribution in [1.82, 2.24) is 14.9 Å². The van der Waals surface area contributed by atoms with E-state index < -0.39 is 0 Å². The predicted octanol–water partition coefficient (Wildman–Crippen LogP) is 1.80. The molecule has 6 nitrogen and oxygen atoms in total. The minimum atomic E-state index is -0.0498. The lowest BCUT2D eigenvalue weighted by Crippen LogP contribution is -2.47. The molecular formula is C19H26N4O2. The van der Waals surface area contributed by atoms with Crippen LogP contribution in [0.1, 0.15) is 23.7 Å². The summed E-state index contributed by atoms with van der Waals surface area (Å²) in [5.74, 6) is 0.661. The van der Waals surface area contributed by atoms with Crippen LogP contribution in [0.2, 0.25) is 0 Å². The number of hydrogen-bond donors (Lipinski definition) is 1. The van der Waals surface area contributed by atoms with Gasteiger partial charge in [0.15, 0.2) is 0 Å². The fraction of sp³-hybridized carbons (Fsp3) is 0.474. The second-order valence-corrected chi connectivity index (χ2v) is 6.35. The molecule has 0 radical (unpaired) electrons. The van der Waals surface area contributed by atoms with Crippen molar-refractivity contribution in [2.45, 2.75) is 26.5 Å². The Labute approximate surface area is 148 Å². The number of aromatic amines is 1. The van der Waals surface area contributed by atoms with Crippen molar-refractivity contribution in [1.29, 1.82) is 0 Å². The Morgan fingerprint density at radius 1 is 1.16 bits per heavy atom. The van der Waals surface area contributed by atoms with Gasteiger partial charge in [-0.2, -0.15) is 0 Å². The van der Waals surface area contributed by atoms with Crippen LogP contribution in [0.15, 0.2) is 35.1 Å². The molecule has 0 amide bonds. The lowest BCUT2D eigenvalue weighted by atomic mass is 10.2. The molecular weight excluding hydrogens is 316 g/mol. The summed E-state index contributed by atoms with van der Waals surface area (Å²) in [6.07, 6.45) is 0.659. The van der Waals surface area contributed by atoms with Gasteiger partial charge in [-0.25, -0.2) is 4.98 Å². The summed E-state index contributed by atoms with van der Waals surface area (Å²) in [6.45, 7) is 6.91. The Balaban J connectivity index is 1.67. The summed E-state index contributed by atoms with van der Waals surface area (Å²) in [4.78, 5) is 24.5. The Hall–Kier alpha value is -2.18. The monoisotopic (exact) mass is 342 g/mol. The summed E-state index contributed by atoms with van der Waals surface area (Å²) in [7, 11) is 1.63. The van der Waals surface area contributed by atoms with E-state index in [1.165, 1.54) is 5.56 Å². The molecule has 6 heteroatoms. The van der Waals surface area contributed by atoms with Crippen LogP contribution in [0.25, 0.3) is 0 Å². The molecule has 0 bridgehead atoms. The van der Waals surface area contributed by atoms with Crippen LogP contribution in [0, 0.1) is 0 Å². The molecule has 1 saturated heterocycles. The van der Waals surface area contributed by atoms with E-state index in [0.29, 0.717) is 24.5 Å². The first-order valence-electron chi connectivity index (χ1n) is 8.83. The topological polar surface area (TPSA) is 61.5 Å². The van der Waals surface area contributed by atoms with Crippen LogP contribution in [0.3, 0.4) is 0 Å². The number of hydrogen-bond acceptors (Lipinski definition) is 5. The normalized spacial score (nSPS) is 15.5. The highest BCUT2D eigenvalue weighted by Gasteiger charge is 2.20. The largest absolute Gasteiger partial charge is 0.378 e. The molecule has 3 rings (SSSR count). The van der Waals surface area contributed by atoms with E-state index in [2.05, 4.69) is 44.0 Å². The van der Waals surface area contributed by atoms with Crippen LogP contribution in [-0.2, 0) is 24.3 Å². The molecule has 1 aromatic carbocycles. The SMILES string of the molecule is CCc1c(COC)nc(N2CCN(Cc3ccccc3)CC2)[nH]c1=O. The molecule has 2 heterocycles. The second kappa shape index (κ2) is 8.27. The van der Waals surface area contributed by atoms with E-state index in [9.17, 15) is 4.79 Å². The van der Waals surface area contributed by atoms with Gasteiger partial charge in [-0.15, -0.1) is 0 Å². The van der Waals surface area contributed by atoms with E-state index >= 15 is 0 Å². The highest BCUT2D eigenvalue weighted by molar-refractivity contribution is 5.34. The Morgan fingerprint density at radius 2 is 1.88 bits per heavy atom. The van der Waals surface area contributed by atoms with Gasteiger partial charge in [0.1, 0.15) is 0 Å². The Morgan fingerprint density at radius 3 is 2.52 bits per heavy atom. The van der Waals surface area contributed by atoms with Gasteiger partial charge in [0.2, 0.25) is 5.95 Å². The number of rotatable bonds is 6. The Kier molecular flexibility index (Phi) is 5.83. The van der Waals surface area contributed by atoms with Gasteiger partial charge in [0.25, 0.3) is 5.56 Å². The number of methoxy groups -OCH3 is 1. The van der Waals surface area contributed by atoms with Crippen molar-refractivity contribution in [2.75, 3.05) is 38.2 Å². The fourth-order valence-electron chi connectivity index (χ4n) is 3.26. The van der Waals surface area contributed by atoms with Crippen LogP contribution in [-0.4, -0.2) is 48.2 Å². The first-order chi connectivity index (χ1) is 12.2. The van der Waals surface area contributed by atoms with Crippen LogP contribution >= 0.6 is 0 Å². The van der Waals surface area contributed by atoms with Gasteiger partial charge in [-0.1, -0.05) is 37.3 Å². The van der Waals surface area contributed by atoms with Crippen molar-refractivity contribution in [2.24, 2.45) is 0 Å². The fourth-order valence-corrected chi connectivity index (χ4v) is 3.26. The third kappa shape index (κ3) is 4.27. The number of H-pyrrole nitrogens is 1. The summed E-state index contributed by atoms with van der Waals surface area (Å²) in [6, 6.07) is 10.5. The molecule has 134 valence electrons. The van der Waals surface area contributed by atoms with E-state index in [4.69, 9.17) is 4.74 Å². The maximum absolute atomic E-state index is 12.3. The molecule has 0 unspecified atom stereocenters. The van der Waals surface area contributed by atoms with Gasteiger partial charge < -0.3 is 9.64 Å². The number of nitrogens with one attached hydrogen (secondary N) is 1. The number of aromatic nitrogens is 2. The van der Waals surface area contributed by atoms with E-state index in [-0.39, 0.29) is 5.56 Å². The average molecular weight is 342 g/mol. The predicted molar refractivity (Wildman–Crippen MR) is 98.9 cm³/mol. The number of ether oxygens (including phenoxy) is 1. The number of piperazine rings is 1. The quantitative estimate of drug-likeness (QED) is 0.867. The van der Waals surface area contributed by atoms with Gasteiger partial charge >= 0.3 is 0 Å². The lowest BCUT2D eigenvalue weighted by molar-refractivity contribution is 0.180. The first-order valence-corrected chi connectivity index (χ1v) is 8.83. The zero-order valence-corrected chi connectivity index (χ0v) is 15.0. The number of nitrogens with zero attached hydrogens (tertiary/aromatic N) is 3. The number of benzene rings is 1. The van der Waals surface area contributed by atoms with Crippen LogP contribution in [0.4, 0.5) is 5.95 Å². The zero-order valence-electron chi connectivity index (χ0n) is 15.0.